The number of amides is 1. The number of carbonyl (C=O) groups is 1. The molecule has 0 atom stereocenters. The van der Waals surface area contributed by atoms with Crippen molar-refractivity contribution in [3.63, 3.8) is 0 Å². The van der Waals surface area contributed by atoms with E-state index in [1.807, 2.05) is 4.90 Å². The molecular formula is C21H25ClN4O4S. The molecule has 8 nitrogen and oxygen atoms in total. The van der Waals surface area contributed by atoms with Crippen LogP contribution in [0.25, 0.3) is 0 Å². The van der Waals surface area contributed by atoms with Gasteiger partial charge in [-0.1, -0.05) is 17.7 Å². The van der Waals surface area contributed by atoms with Gasteiger partial charge in [-0.05, 0) is 43.2 Å². The van der Waals surface area contributed by atoms with Gasteiger partial charge in [0.15, 0.2) is 0 Å². The summed E-state index contributed by atoms with van der Waals surface area (Å²) in [4.78, 5) is 19.2. The van der Waals surface area contributed by atoms with E-state index in [-0.39, 0.29) is 16.7 Å². The highest BCUT2D eigenvalue weighted by Gasteiger charge is 2.33. The Morgan fingerprint density at radius 3 is 2.55 bits per heavy atom. The molecule has 0 bridgehead atoms. The van der Waals surface area contributed by atoms with E-state index in [2.05, 4.69) is 10.3 Å². The fourth-order valence-corrected chi connectivity index (χ4v) is 5.67. The highest BCUT2D eigenvalue weighted by Crippen LogP contribution is 2.30. The van der Waals surface area contributed by atoms with Gasteiger partial charge in [0.2, 0.25) is 15.9 Å². The summed E-state index contributed by atoms with van der Waals surface area (Å²) in [6, 6.07) is 10.3. The zero-order valence-corrected chi connectivity index (χ0v) is 18.6. The normalized spacial score (nSPS) is 18.7. The molecule has 4 rings (SSSR count). The molecule has 3 heterocycles. The number of carbonyl (C=O) groups excluding carboxylic acids is 1. The first-order valence-electron chi connectivity index (χ1n) is 10.3. The molecule has 31 heavy (non-hydrogen) atoms. The Balaban J connectivity index is 1.44. The van der Waals surface area contributed by atoms with Crippen LogP contribution in [0, 0.1) is 5.92 Å². The molecule has 166 valence electrons. The molecule has 2 aliphatic heterocycles. The Hall–Kier alpha value is -2.20. The minimum Gasteiger partial charge on any atom is -0.379 e. The van der Waals surface area contributed by atoms with Crippen LogP contribution in [0.15, 0.2) is 47.5 Å². The van der Waals surface area contributed by atoms with Crippen molar-refractivity contribution in [3.05, 3.63) is 47.6 Å². The molecule has 1 aromatic heterocycles. The number of anilines is 2. The summed E-state index contributed by atoms with van der Waals surface area (Å²) in [7, 11) is -3.66. The van der Waals surface area contributed by atoms with Crippen LogP contribution < -0.4 is 10.2 Å². The molecule has 2 saturated heterocycles. The van der Waals surface area contributed by atoms with E-state index >= 15 is 0 Å². The number of pyridine rings is 1. The molecule has 2 fully saturated rings. The molecule has 10 heteroatoms. The fraction of sp³-hybridized carbons (Fsp3) is 0.429. The third kappa shape index (κ3) is 5.01. The van der Waals surface area contributed by atoms with Crippen molar-refractivity contribution < 1.29 is 17.9 Å². The molecule has 0 radical (unpaired) electrons. The van der Waals surface area contributed by atoms with Crippen molar-refractivity contribution in [1.82, 2.24) is 9.29 Å². The molecule has 2 aromatic rings. The van der Waals surface area contributed by atoms with Crippen LogP contribution in [0.5, 0.6) is 0 Å². The van der Waals surface area contributed by atoms with Crippen LogP contribution >= 0.6 is 11.6 Å². The summed E-state index contributed by atoms with van der Waals surface area (Å²) >= 11 is 5.98. The lowest BCUT2D eigenvalue weighted by Gasteiger charge is -2.34. The number of halogens is 1. The topological polar surface area (TPSA) is 91.8 Å². The van der Waals surface area contributed by atoms with Gasteiger partial charge in [-0.25, -0.2) is 13.4 Å². The van der Waals surface area contributed by atoms with Crippen LogP contribution in [-0.4, -0.2) is 63.0 Å². The van der Waals surface area contributed by atoms with E-state index < -0.39 is 10.0 Å². The summed E-state index contributed by atoms with van der Waals surface area (Å²) in [6.07, 6.45) is 2.83. The summed E-state index contributed by atoms with van der Waals surface area (Å²) in [6.45, 7) is 2.56. The zero-order chi connectivity index (χ0) is 21.8. The number of ether oxygens (including phenoxy) is 1. The molecule has 0 saturated carbocycles. The second-order valence-electron chi connectivity index (χ2n) is 7.60. The average Bonchev–Trinajstić information content (AvgIpc) is 2.80. The van der Waals surface area contributed by atoms with Gasteiger partial charge in [0.05, 0.1) is 13.2 Å². The predicted octanol–water partition coefficient (Wildman–Crippen LogP) is 2.61. The van der Waals surface area contributed by atoms with Gasteiger partial charge >= 0.3 is 0 Å². The van der Waals surface area contributed by atoms with Crippen molar-refractivity contribution in [1.29, 1.82) is 0 Å². The van der Waals surface area contributed by atoms with Gasteiger partial charge in [0, 0.05) is 49.0 Å². The number of aromatic nitrogens is 1. The SMILES string of the molecule is O=C(Nc1cccc(Cl)c1)C1CCN(c2ncccc2S(=O)(=O)N2CCOCC2)CC1. The molecule has 0 aliphatic carbocycles. The Morgan fingerprint density at radius 2 is 1.84 bits per heavy atom. The van der Waals surface area contributed by atoms with E-state index in [9.17, 15) is 13.2 Å². The lowest BCUT2D eigenvalue weighted by atomic mass is 9.95. The van der Waals surface area contributed by atoms with Crippen LogP contribution in [0.4, 0.5) is 11.5 Å². The van der Waals surface area contributed by atoms with Gasteiger partial charge in [-0.15, -0.1) is 0 Å². The Labute approximate surface area is 187 Å². The van der Waals surface area contributed by atoms with Crippen molar-refractivity contribution in [3.8, 4) is 0 Å². The molecule has 1 N–H and O–H groups in total. The maximum Gasteiger partial charge on any atom is 0.246 e. The summed E-state index contributed by atoms with van der Waals surface area (Å²) in [5, 5.41) is 3.48. The van der Waals surface area contributed by atoms with Crippen molar-refractivity contribution in [2.75, 3.05) is 49.6 Å². The van der Waals surface area contributed by atoms with Gasteiger partial charge < -0.3 is 15.0 Å². The number of nitrogens with zero attached hydrogens (tertiary/aromatic N) is 3. The van der Waals surface area contributed by atoms with Crippen molar-refractivity contribution >= 4 is 39.0 Å². The fourth-order valence-electron chi connectivity index (χ4n) is 3.91. The van der Waals surface area contributed by atoms with Crippen LogP contribution in [0.1, 0.15) is 12.8 Å². The van der Waals surface area contributed by atoms with Gasteiger partial charge in [0.1, 0.15) is 10.7 Å². The van der Waals surface area contributed by atoms with E-state index in [0.717, 1.165) is 0 Å². The first kappa shape index (κ1) is 22.0. The second-order valence-corrected chi connectivity index (χ2v) is 9.95. The van der Waals surface area contributed by atoms with Crippen LogP contribution in [-0.2, 0) is 19.6 Å². The summed E-state index contributed by atoms with van der Waals surface area (Å²) in [5.41, 5.74) is 0.670. The Morgan fingerprint density at radius 1 is 1.10 bits per heavy atom. The third-order valence-corrected chi connectivity index (χ3v) is 7.75. The van der Waals surface area contributed by atoms with Gasteiger partial charge in [0.25, 0.3) is 0 Å². The Bertz CT molecular complexity index is 1040. The van der Waals surface area contributed by atoms with Crippen LogP contribution in [0.2, 0.25) is 5.02 Å². The van der Waals surface area contributed by atoms with Crippen LogP contribution in [0.3, 0.4) is 0 Å². The molecule has 1 aromatic carbocycles. The minimum absolute atomic E-state index is 0.0518. The number of hydrogen-bond donors (Lipinski definition) is 1. The summed E-state index contributed by atoms with van der Waals surface area (Å²) < 4.78 is 33.1. The quantitative estimate of drug-likeness (QED) is 0.731. The zero-order valence-electron chi connectivity index (χ0n) is 17.0. The number of nitrogens with one attached hydrogen (secondary N) is 1. The lowest BCUT2D eigenvalue weighted by Crippen LogP contribution is -2.42. The van der Waals surface area contributed by atoms with E-state index in [0.29, 0.717) is 68.8 Å². The minimum atomic E-state index is -3.66. The molecule has 0 unspecified atom stereocenters. The maximum absolute atomic E-state index is 13.2. The van der Waals surface area contributed by atoms with E-state index in [4.69, 9.17) is 16.3 Å². The van der Waals surface area contributed by atoms with Gasteiger partial charge in [-0.3, -0.25) is 4.79 Å². The lowest BCUT2D eigenvalue weighted by molar-refractivity contribution is -0.120. The van der Waals surface area contributed by atoms with Gasteiger partial charge in [-0.2, -0.15) is 4.31 Å². The largest absolute Gasteiger partial charge is 0.379 e. The van der Waals surface area contributed by atoms with Crippen molar-refractivity contribution in [2.24, 2.45) is 5.92 Å². The van der Waals surface area contributed by atoms with E-state index in [1.165, 1.54) is 4.31 Å². The number of rotatable bonds is 5. The highest BCUT2D eigenvalue weighted by atomic mass is 35.5. The number of piperidine rings is 1. The first-order valence-corrected chi connectivity index (χ1v) is 12.1. The first-order chi connectivity index (χ1) is 14.9. The van der Waals surface area contributed by atoms with Crippen molar-refractivity contribution in [2.45, 2.75) is 17.7 Å². The predicted molar refractivity (Wildman–Crippen MR) is 119 cm³/mol. The monoisotopic (exact) mass is 464 g/mol. The number of sulfonamides is 1. The highest BCUT2D eigenvalue weighted by molar-refractivity contribution is 7.89. The Kier molecular flexibility index (Phi) is 6.76. The smallest absolute Gasteiger partial charge is 0.246 e. The molecule has 0 spiro atoms. The number of benzene rings is 1. The summed E-state index contributed by atoms with van der Waals surface area (Å²) in [5.74, 6) is 0.241. The molecule has 2 aliphatic rings. The van der Waals surface area contributed by atoms with E-state index in [1.54, 1.807) is 42.6 Å². The third-order valence-electron chi connectivity index (χ3n) is 5.60. The number of morpholine rings is 1. The average molecular weight is 465 g/mol. The standard InChI is InChI=1S/C21H25ClN4O4S/c22-17-3-1-4-18(15-17)24-21(27)16-6-9-25(10-7-16)20-19(5-2-8-23-20)31(28,29)26-11-13-30-14-12-26/h1-5,8,15-16H,6-7,9-14H2,(H,24,27). The molecular weight excluding hydrogens is 440 g/mol. The number of hydrogen-bond acceptors (Lipinski definition) is 6. The maximum atomic E-state index is 13.2. The molecule has 1 amide bonds. The second kappa shape index (κ2) is 9.52.